The van der Waals surface area contributed by atoms with Crippen molar-refractivity contribution >= 4 is 5.91 Å². The minimum Gasteiger partial charge on any atom is -0.337 e. The molecule has 0 aromatic carbocycles. The molecule has 0 spiro atoms. The van der Waals surface area contributed by atoms with Crippen molar-refractivity contribution in [2.24, 2.45) is 7.05 Å². The molecule has 0 radical (unpaired) electrons. The topological polar surface area (TPSA) is 83.9 Å². The van der Waals surface area contributed by atoms with Crippen molar-refractivity contribution in [2.75, 3.05) is 13.1 Å². The molecule has 1 aliphatic heterocycles. The van der Waals surface area contributed by atoms with Crippen molar-refractivity contribution in [1.82, 2.24) is 24.6 Å². The third kappa shape index (κ3) is 2.64. The number of nitrogens with one attached hydrogen (secondary N) is 1. The second-order valence-corrected chi connectivity index (χ2v) is 6.27. The van der Waals surface area contributed by atoms with Crippen LogP contribution in [0.4, 0.5) is 0 Å². The molecule has 3 heterocycles. The number of rotatable bonds is 2. The Morgan fingerprint density at radius 2 is 1.96 bits per heavy atom. The summed E-state index contributed by atoms with van der Waals surface area (Å²) < 4.78 is 1.57. The zero-order chi connectivity index (χ0) is 17.4. The van der Waals surface area contributed by atoms with Gasteiger partial charge in [-0.05, 0) is 26.7 Å². The van der Waals surface area contributed by atoms with Gasteiger partial charge in [-0.1, -0.05) is 6.92 Å². The van der Waals surface area contributed by atoms with E-state index in [1.54, 1.807) is 16.5 Å². The van der Waals surface area contributed by atoms with Gasteiger partial charge in [0.25, 0.3) is 11.5 Å². The van der Waals surface area contributed by atoms with Gasteiger partial charge in [0.1, 0.15) is 5.82 Å². The Labute approximate surface area is 140 Å². The molecule has 2 aromatic rings. The molecule has 0 fully saturated rings. The van der Waals surface area contributed by atoms with Crippen LogP contribution in [0.25, 0.3) is 0 Å². The summed E-state index contributed by atoms with van der Waals surface area (Å²) in [5.41, 5.74) is 3.92. The fraction of sp³-hybridized carbons (Fsp3) is 0.529. The van der Waals surface area contributed by atoms with Gasteiger partial charge < -0.3 is 4.90 Å². The van der Waals surface area contributed by atoms with Crippen LogP contribution < -0.4 is 5.56 Å². The molecule has 1 aliphatic rings. The SMILES string of the molecule is CCc1[nH]nc(C(=O)N2CCc3nc(C)n(C)c(=O)c3CC2)c1C. The van der Waals surface area contributed by atoms with Crippen LogP contribution in [-0.2, 0) is 26.3 Å². The van der Waals surface area contributed by atoms with Gasteiger partial charge in [-0.3, -0.25) is 19.3 Å². The highest BCUT2D eigenvalue weighted by atomic mass is 16.2. The molecule has 1 amide bonds. The molecule has 0 bridgehead atoms. The number of aromatic amines is 1. The standard InChI is InChI=1S/C17H23N5O2/c1-5-13-10(2)15(20-19-13)17(24)22-8-6-12-14(7-9-22)18-11(3)21(4)16(12)23/h5-9H2,1-4H3,(H,19,20). The maximum atomic E-state index is 12.8. The number of aromatic nitrogens is 4. The lowest BCUT2D eigenvalue weighted by atomic mass is 10.1. The van der Waals surface area contributed by atoms with Gasteiger partial charge in [-0.15, -0.1) is 0 Å². The first kappa shape index (κ1) is 16.4. The summed E-state index contributed by atoms with van der Waals surface area (Å²) in [7, 11) is 1.73. The molecule has 0 aliphatic carbocycles. The maximum Gasteiger partial charge on any atom is 0.274 e. The first-order valence-corrected chi connectivity index (χ1v) is 8.32. The van der Waals surface area contributed by atoms with Crippen molar-refractivity contribution in [3.05, 3.63) is 44.4 Å². The molecule has 0 unspecified atom stereocenters. The monoisotopic (exact) mass is 329 g/mol. The Hall–Kier alpha value is -2.44. The summed E-state index contributed by atoms with van der Waals surface area (Å²) in [6, 6.07) is 0. The van der Waals surface area contributed by atoms with Crippen molar-refractivity contribution < 1.29 is 4.79 Å². The van der Waals surface area contributed by atoms with E-state index in [0.717, 1.165) is 28.9 Å². The number of carbonyl (C=O) groups is 1. The van der Waals surface area contributed by atoms with Crippen molar-refractivity contribution in [3.63, 3.8) is 0 Å². The average molecular weight is 329 g/mol. The summed E-state index contributed by atoms with van der Waals surface area (Å²) >= 11 is 0. The van der Waals surface area contributed by atoms with E-state index in [2.05, 4.69) is 15.2 Å². The van der Waals surface area contributed by atoms with E-state index >= 15 is 0 Å². The van der Waals surface area contributed by atoms with Gasteiger partial charge in [0.05, 0.1) is 5.69 Å². The fourth-order valence-corrected chi connectivity index (χ4v) is 3.21. The number of carbonyl (C=O) groups excluding carboxylic acids is 1. The first-order chi connectivity index (χ1) is 11.4. The molecule has 0 saturated heterocycles. The second kappa shape index (κ2) is 6.22. The molecule has 128 valence electrons. The van der Waals surface area contributed by atoms with E-state index in [9.17, 15) is 9.59 Å². The highest BCUT2D eigenvalue weighted by Gasteiger charge is 2.26. The van der Waals surface area contributed by atoms with Gasteiger partial charge in [0, 0.05) is 43.4 Å². The van der Waals surface area contributed by atoms with Crippen LogP contribution >= 0.6 is 0 Å². The van der Waals surface area contributed by atoms with Crippen LogP contribution in [0.15, 0.2) is 4.79 Å². The van der Waals surface area contributed by atoms with Gasteiger partial charge in [0.2, 0.25) is 0 Å². The van der Waals surface area contributed by atoms with Gasteiger partial charge in [0.15, 0.2) is 5.69 Å². The smallest absolute Gasteiger partial charge is 0.274 e. The summed E-state index contributed by atoms with van der Waals surface area (Å²) in [6.45, 7) is 6.84. The maximum absolute atomic E-state index is 12.8. The van der Waals surface area contributed by atoms with E-state index in [1.165, 1.54) is 0 Å². The largest absolute Gasteiger partial charge is 0.337 e. The molecule has 7 heteroatoms. The summed E-state index contributed by atoms with van der Waals surface area (Å²) in [4.78, 5) is 31.6. The molecule has 24 heavy (non-hydrogen) atoms. The van der Waals surface area contributed by atoms with Crippen LogP contribution in [0.3, 0.4) is 0 Å². The number of hydrogen-bond donors (Lipinski definition) is 1. The summed E-state index contributed by atoms with van der Waals surface area (Å²) in [6.07, 6.45) is 1.95. The summed E-state index contributed by atoms with van der Waals surface area (Å²) in [5.74, 6) is 0.624. The Bertz CT molecular complexity index is 849. The lowest BCUT2D eigenvalue weighted by molar-refractivity contribution is 0.0756. The van der Waals surface area contributed by atoms with E-state index < -0.39 is 0 Å². The predicted octanol–water partition coefficient (Wildman–Crippen LogP) is 0.924. The lowest BCUT2D eigenvalue weighted by Crippen LogP contribution is -2.34. The fourth-order valence-electron chi connectivity index (χ4n) is 3.21. The highest BCUT2D eigenvalue weighted by Crippen LogP contribution is 2.16. The van der Waals surface area contributed by atoms with Gasteiger partial charge in [-0.25, -0.2) is 4.98 Å². The zero-order valence-corrected chi connectivity index (χ0v) is 14.6. The van der Waals surface area contributed by atoms with E-state index in [0.29, 0.717) is 37.4 Å². The van der Waals surface area contributed by atoms with Crippen molar-refractivity contribution in [1.29, 1.82) is 0 Å². The predicted molar refractivity (Wildman–Crippen MR) is 90.2 cm³/mol. The zero-order valence-electron chi connectivity index (χ0n) is 14.6. The Morgan fingerprint density at radius 3 is 2.62 bits per heavy atom. The normalized spacial score (nSPS) is 14.4. The number of aryl methyl sites for hydroxylation is 2. The average Bonchev–Trinajstić information content (AvgIpc) is 2.81. The Balaban J connectivity index is 1.86. The summed E-state index contributed by atoms with van der Waals surface area (Å²) in [5, 5.41) is 7.13. The molecule has 3 rings (SSSR count). The van der Waals surface area contributed by atoms with Gasteiger partial charge >= 0.3 is 0 Å². The molecule has 0 saturated carbocycles. The lowest BCUT2D eigenvalue weighted by Gasteiger charge is -2.19. The van der Waals surface area contributed by atoms with Crippen LogP contribution in [0, 0.1) is 13.8 Å². The Kier molecular flexibility index (Phi) is 4.26. The van der Waals surface area contributed by atoms with Crippen molar-refractivity contribution in [2.45, 2.75) is 40.0 Å². The van der Waals surface area contributed by atoms with Crippen molar-refractivity contribution in [3.8, 4) is 0 Å². The number of H-pyrrole nitrogens is 1. The molecule has 1 N–H and O–H groups in total. The Morgan fingerprint density at radius 1 is 1.25 bits per heavy atom. The van der Waals surface area contributed by atoms with Crippen LogP contribution in [0.5, 0.6) is 0 Å². The third-order valence-electron chi connectivity index (χ3n) is 4.90. The molecule has 7 nitrogen and oxygen atoms in total. The van der Waals surface area contributed by atoms with E-state index in [-0.39, 0.29) is 11.5 Å². The number of fused-ring (bicyclic) bond motifs is 1. The molecule has 0 atom stereocenters. The first-order valence-electron chi connectivity index (χ1n) is 8.32. The molecule has 2 aromatic heterocycles. The second-order valence-electron chi connectivity index (χ2n) is 6.27. The molecular formula is C17H23N5O2. The highest BCUT2D eigenvalue weighted by molar-refractivity contribution is 5.94. The van der Waals surface area contributed by atoms with E-state index in [1.807, 2.05) is 20.8 Å². The minimum atomic E-state index is -0.0789. The van der Waals surface area contributed by atoms with Crippen LogP contribution in [0.2, 0.25) is 0 Å². The van der Waals surface area contributed by atoms with Gasteiger partial charge in [-0.2, -0.15) is 5.10 Å². The third-order valence-corrected chi connectivity index (χ3v) is 4.90. The minimum absolute atomic E-state index is 0.00369. The molecular weight excluding hydrogens is 306 g/mol. The number of nitrogens with zero attached hydrogens (tertiary/aromatic N) is 4. The van der Waals surface area contributed by atoms with E-state index in [4.69, 9.17) is 0 Å². The van der Waals surface area contributed by atoms with Crippen LogP contribution in [-0.4, -0.2) is 43.6 Å². The number of amides is 1. The van der Waals surface area contributed by atoms with Crippen LogP contribution in [0.1, 0.15) is 45.8 Å². The number of hydrogen-bond acceptors (Lipinski definition) is 4. The quantitative estimate of drug-likeness (QED) is 0.888.